The van der Waals surface area contributed by atoms with Gasteiger partial charge >= 0.3 is 6.01 Å². The minimum atomic E-state index is 0.145. The van der Waals surface area contributed by atoms with E-state index in [2.05, 4.69) is 26.4 Å². The van der Waals surface area contributed by atoms with Crippen molar-refractivity contribution in [3.8, 4) is 12.1 Å². The fraction of sp³-hybridized carbons (Fsp3) is 0.167. The van der Waals surface area contributed by atoms with Gasteiger partial charge in [0, 0.05) is 12.7 Å². The summed E-state index contributed by atoms with van der Waals surface area (Å²) in [5.74, 6) is 5.84. The fourth-order valence-corrected chi connectivity index (χ4v) is 1.55. The number of nitriles is 1. The molecule has 0 spiro atoms. The molecular formula is C12H13N7O. The number of aromatic nitrogens is 3. The van der Waals surface area contributed by atoms with E-state index in [9.17, 15) is 0 Å². The second kappa shape index (κ2) is 5.81. The number of benzene rings is 1. The average molecular weight is 271 g/mol. The zero-order valence-electron chi connectivity index (χ0n) is 11.0. The standard InChI is InChI=1S/C12H13N7O/c1-19(9-5-3-4-8(6-9)7-13)11-15-10(18-14)16-12(17-11)20-2/h3-6H,14H2,1-2H3,(H,15,16,17,18). The highest BCUT2D eigenvalue weighted by molar-refractivity contribution is 5.59. The predicted octanol–water partition coefficient (Wildman–Crippen LogP) is 0.805. The normalized spacial score (nSPS) is 9.70. The Balaban J connectivity index is 2.41. The van der Waals surface area contributed by atoms with E-state index in [-0.39, 0.29) is 12.0 Å². The molecule has 1 aromatic carbocycles. The Morgan fingerprint density at radius 1 is 1.35 bits per heavy atom. The van der Waals surface area contributed by atoms with Crippen LogP contribution in [0.2, 0.25) is 0 Å². The summed E-state index contributed by atoms with van der Waals surface area (Å²) in [5.41, 5.74) is 3.66. The highest BCUT2D eigenvalue weighted by atomic mass is 16.5. The number of anilines is 3. The Morgan fingerprint density at radius 3 is 2.80 bits per heavy atom. The number of nitrogens with one attached hydrogen (secondary N) is 1. The quantitative estimate of drug-likeness (QED) is 0.620. The van der Waals surface area contributed by atoms with Crippen molar-refractivity contribution in [3.05, 3.63) is 29.8 Å². The van der Waals surface area contributed by atoms with Gasteiger partial charge in [0.25, 0.3) is 0 Å². The summed E-state index contributed by atoms with van der Waals surface area (Å²) in [6, 6.07) is 9.30. The maximum atomic E-state index is 8.92. The van der Waals surface area contributed by atoms with E-state index in [0.29, 0.717) is 11.5 Å². The zero-order chi connectivity index (χ0) is 14.5. The van der Waals surface area contributed by atoms with Crippen LogP contribution in [-0.4, -0.2) is 29.1 Å². The molecule has 0 aliphatic carbocycles. The van der Waals surface area contributed by atoms with Crippen LogP contribution >= 0.6 is 0 Å². The fourth-order valence-electron chi connectivity index (χ4n) is 1.55. The van der Waals surface area contributed by atoms with Crippen LogP contribution in [0.5, 0.6) is 6.01 Å². The number of methoxy groups -OCH3 is 1. The molecule has 2 rings (SSSR count). The highest BCUT2D eigenvalue weighted by Crippen LogP contribution is 2.22. The third-order valence-corrected chi connectivity index (χ3v) is 2.58. The Bertz CT molecular complexity index is 630. The average Bonchev–Trinajstić information content (AvgIpc) is 2.53. The number of nitrogens with zero attached hydrogens (tertiary/aromatic N) is 5. The van der Waals surface area contributed by atoms with Gasteiger partial charge in [-0.1, -0.05) is 6.07 Å². The summed E-state index contributed by atoms with van der Waals surface area (Å²) < 4.78 is 4.99. The van der Waals surface area contributed by atoms with Gasteiger partial charge < -0.3 is 9.64 Å². The molecule has 0 radical (unpaired) electrons. The maximum Gasteiger partial charge on any atom is 0.322 e. The number of hydrogen-bond acceptors (Lipinski definition) is 8. The molecule has 8 nitrogen and oxygen atoms in total. The van der Waals surface area contributed by atoms with Gasteiger partial charge in [-0.2, -0.15) is 20.2 Å². The summed E-state index contributed by atoms with van der Waals surface area (Å²) >= 11 is 0. The molecule has 2 aromatic rings. The van der Waals surface area contributed by atoms with E-state index in [4.69, 9.17) is 15.8 Å². The summed E-state index contributed by atoms with van der Waals surface area (Å²) in [7, 11) is 3.22. The first kappa shape index (κ1) is 13.5. The molecule has 102 valence electrons. The molecule has 0 saturated carbocycles. The Labute approximate surface area is 115 Å². The van der Waals surface area contributed by atoms with Gasteiger partial charge in [0.05, 0.1) is 18.7 Å². The molecule has 0 bridgehead atoms. The largest absolute Gasteiger partial charge is 0.467 e. The van der Waals surface area contributed by atoms with E-state index in [1.165, 1.54) is 7.11 Å². The summed E-state index contributed by atoms with van der Waals surface area (Å²) in [4.78, 5) is 13.9. The van der Waals surface area contributed by atoms with Crippen molar-refractivity contribution in [2.24, 2.45) is 5.84 Å². The molecule has 1 heterocycles. The van der Waals surface area contributed by atoms with Crippen LogP contribution in [0, 0.1) is 11.3 Å². The molecule has 0 aliphatic heterocycles. The van der Waals surface area contributed by atoms with E-state index >= 15 is 0 Å². The minimum absolute atomic E-state index is 0.145. The van der Waals surface area contributed by atoms with Crippen molar-refractivity contribution in [1.82, 2.24) is 15.0 Å². The molecule has 8 heteroatoms. The second-order valence-electron chi connectivity index (χ2n) is 3.81. The molecule has 0 fully saturated rings. The number of nitrogens with two attached hydrogens (primary N) is 1. The summed E-state index contributed by atoms with van der Waals surface area (Å²) in [5, 5.41) is 8.92. The van der Waals surface area contributed by atoms with Gasteiger partial charge in [0.2, 0.25) is 11.9 Å². The number of ether oxygens (including phenoxy) is 1. The van der Waals surface area contributed by atoms with Gasteiger partial charge in [-0.15, -0.1) is 0 Å². The van der Waals surface area contributed by atoms with Crippen LogP contribution in [-0.2, 0) is 0 Å². The molecular weight excluding hydrogens is 258 g/mol. The Hall–Kier alpha value is -2.92. The predicted molar refractivity (Wildman–Crippen MR) is 73.4 cm³/mol. The van der Waals surface area contributed by atoms with Gasteiger partial charge in [0.1, 0.15) is 0 Å². The van der Waals surface area contributed by atoms with Crippen LogP contribution < -0.4 is 20.9 Å². The number of hydrazine groups is 1. The van der Waals surface area contributed by atoms with E-state index in [0.717, 1.165) is 5.69 Å². The molecule has 20 heavy (non-hydrogen) atoms. The molecule has 0 atom stereocenters. The highest BCUT2D eigenvalue weighted by Gasteiger charge is 2.12. The first-order valence-electron chi connectivity index (χ1n) is 5.68. The van der Waals surface area contributed by atoms with Crippen molar-refractivity contribution in [1.29, 1.82) is 5.26 Å². The molecule has 0 saturated heterocycles. The van der Waals surface area contributed by atoms with Crippen LogP contribution in [0.1, 0.15) is 5.56 Å². The van der Waals surface area contributed by atoms with Gasteiger partial charge in [-0.05, 0) is 18.2 Å². The summed E-state index contributed by atoms with van der Waals surface area (Å²) in [6.45, 7) is 0. The van der Waals surface area contributed by atoms with Crippen molar-refractivity contribution in [3.63, 3.8) is 0 Å². The monoisotopic (exact) mass is 271 g/mol. The lowest BCUT2D eigenvalue weighted by molar-refractivity contribution is 0.379. The van der Waals surface area contributed by atoms with Crippen LogP contribution in [0.25, 0.3) is 0 Å². The molecule has 3 N–H and O–H groups in total. The van der Waals surface area contributed by atoms with E-state index < -0.39 is 0 Å². The Kier molecular flexibility index (Phi) is 3.93. The Morgan fingerprint density at radius 2 is 2.15 bits per heavy atom. The minimum Gasteiger partial charge on any atom is -0.467 e. The van der Waals surface area contributed by atoms with Crippen molar-refractivity contribution in [2.75, 3.05) is 24.5 Å². The molecule has 0 unspecified atom stereocenters. The van der Waals surface area contributed by atoms with Crippen LogP contribution in [0.3, 0.4) is 0 Å². The lowest BCUT2D eigenvalue weighted by Crippen LogP contribution is -2.18. The second-order valence-corrected chi connectivity index (χ2v) is 3.81. The van der Waals surface area contributed by atoms with Crippen LogP contribution in [0.15, 0.2) is 24.3 Å². The number of hydrogen-bond donors (Lipinski definition) is 2. The lowest BCUT2D eigenvalue weighted by Gasteiger charge is -2.18. The first-order valence-corrected chi connectivity index (χ1v) is 5.68. The third-order valence-electron chi connectivity index (χ3n) is 2.58. The van der Waals surface area contributed by atoms with E-state index in [1.807, 2.05) is 6.07 Å². The topological polar surface area (TPSA) is 113 Å². The number of rotatable bonds is 4. The molecule has 1 aromatic heterocycles. The van der Waals surface area contributed by atoms with Gasteiger partial charge in [0.15, 0.2) is 0 Å². The smallest absolute Gasteiger partial charge is 0.322 e. The van der Waals surface area contributed by atoms with Crippen molar-refractivity contribution >= 4 is 17.6 Å². The maximum absolute atomic E-state index is 8.92. The van der Waals surface area contributed by atoms with Gasteiger partial charge in [-0.3, -0.25) is 5.43 Å². The lowest BCUT2D eigenvalue weighted by atomic mass is 10.2. The van der Waals surface area contributed by atoms with Crippen LogP contribution in [0.4, 0.5) is 17.6 Å². The number of nitrogen functional groups attached to an aromatic ring is 1. The van der Waals surface area contributed by atoms with Crippen molar-refractivity contribution in [2.45, 2.75) is 0 Å². The summed E-state index contributed by atoms with van der Waals surface area (Å²) in [6.07, 6.45) is 0. The first-order chi connectivity index (χ1) is 9.67. The third kappa shape index (κ3) is 2.73. The molecule has 0 aliphatic rings. The SMILES string of the molecule is COc1nc(NN)nc(N(C)c2cccc(C#N)c2)n1. The van der Waals surface area contributed by atoms with Crippen molar-refractivity contribution < 1.29 is 4.74 Å². The van der Waals surface area contributed by atoms with Gasteiger partial charge in [-0.25, -0.2) is 5.84 Å². The van der Waals surface area contributed by atoms with E-state index in [1.54, 1.807) is 30.1 Å². The zero-order valence-corrected chi connectivity index (χ0v) is 11.0. The molecule has 0 amide bonds.